The van der Waals surface area contributed by atoms with E-state index in [0.29, 0.717) is 58.4 Å². The predicted molar refractivity (Wildman–Crippen MR) is 149 cm³/mol. The summed E-state index contributed by atoms with van der Waals surface area (Å²) in [5.74, 6) is 3.47. The van der Waals surface area contributed by atoms with Crippen molar-refractivity contribution >= 4 is 28.4 Å². The molecule has 1 amide bonds. The van der Waals surface area contributed by atoms with Gasteiger partial charge < -0.3 is 30.0 Å². The summed E-state index contributed by atoms with van der Waals surface area (Å²) in [5.41, 5.74) is 6.42. The monoisotopic (exact) mass is 554 g/mol. The maximum atomic E-state index is 13.2. The van der Waals surface area contributed by atoms with Gasteiger partial charge >= 0.3 is 0 Å². The number of amides is 1. The van der Waals surface area contributed by atoms with Crippen LogP contribution in [-0.4, -0.2) is 56.5 Å². The SMILES string of the molecule is COc1cc2nccc(Oc3ccc(NC(=O)c4nn(-c5cnc(N)cn5)cc4OCC4CC4)nc3)c2cc1OC. The number of aromatic nitrogens is 6. The van der Waals surface area contributed by atoms with Crippen molar-refractivity contribution in [1.82, 2.24) is 29.7 Å². The normalized spacial score (nSPS) is 12.6. The van der Waals surface area contributed by atoms with Crippen molar-refractivity contribution in [2.75, 3.05) is 31.9 Å². The summed E-state index contributed by atoms with van der Waals surface area (Å²) in [6, 6.07) is 8.66. The van der Waals surface area contributed by atoms with Gasteiger partial charge in [0.25, 0.3) is 5.91 Å². The van der Waals surface area contributed by atoms with Crippen molar-refractivity contribution in [3.8, 4) is 34.6 Å². The molecule has 1 fully saturated rings. The smallest absolute Gasteiger partial charge is 0.281 e. The minimum absolute atomic E-state index is 0.0963. The number of nitrogens with two attached hydrogens (primary N) is 1. The molecule has 1 aromatic carbocycles. The molecule has 3 N–H and O–H groups in total. The number of nitrogen functional groups attached to an aromatic ring is 1. The highest BCUT2D eigenvalue weighted by molar-refractivity contribution is 6.04. The first-order valence-electron chi connectivity index (χ1n) is 12.8. The third kappa shape index (κ3) is 5.64. The van der Waals surface area contributed by atoms with Crippen LogP contribution >= 0.6 is 0 Å². The number of hydrogen-bond donors (Lipinski definition) is 2. The molecule has 4 aromatic heterocycles. The molecule has 6 rings (SSSR count). The van der Waals surface area contributed by atoms with Crippen LogP contribution in [0.15, 0.2) is 61.3 Å². The summed E-state index contributed by atoms with van der Waals surface area (Å²) in [6.07, 6.45) is 9.85. The van der Waals surface area contributed by atoms with Crippen LogP contribution < -0.4 is 30.0 Å². The lowest BCUT2D eigenvalue weighted by molar-refractivity contribution is 0.101. The number of benzene rings is 1. The van der Waals surface area contributed by atoms with Crippen LogP contribution in [0.5, 0.6) is 28.7 Å². The van der Waals surface area contributed by atoms with Crippen LogP contribution in [0.4, 0.5) is 11.6 Å². The van der Waals surface area contributed by atoms with E-state index in [4.69, 9.17) is 24.7 Å². The molecule has 0 saturated heterocycles. The van der Waals surface area contributed by atoms with E-state index in [-0.39, 0.29) is 11.5 Å². The van der Waals surface area contributed by atoms with E-state index in [1.54, 1.807) is 56.9 Å². The number of carbonyl (C=O) groups is 1. The highest BCUT2D eigenvalue weighted by Crippen LogP contribution is 2.37. The van der Waals surface area contributed by atoms with E-state index in [1.165, 1.54) is 23.3 Å². The van der Waals surface area contributed by atoms with Gasteiger partial charge in [0.1, 0.15) is 23.1 Å². The van der Waals surface area contributed by atoms with Crippen LogP contribution in [0.1, 0.15) is 23.3 Å². The van der Waals surface area contributed by atoms with Gasteiger partial charge in [-0.25, -0.2) is 19.6 Å². The van der Waals surface area contributed by atoms with Gasteiger partial charge in [-0.15, -0.1) is 0 Å². The average Bonchev–Trinajstić information content (AvgIpc) is 3.73. The maximum absolute atomic E-state index is 13.2. The highest BCUT2D eigenvalue weighted by atomic mass is 16.5. The first-order chi connectivity index (χ1) is 20.0. The number of methoxy groups -OCH3 is 2. The van der Waals surface area contributed by atoms with Crippen molar-refractivity contribution in [1.29, 1.82) is 0 Å². The summed E-state index contributed by atoms with van der Waals surface area (Å²) in [5, 5.41) is 7.90. The molecule has 5 aromatic rings. The van der Waals surface area contributed by atoms with Crippen molar-refractivity contribution < 1.29 is 23.7 Å². The fourth-order valence-corrected chi connectivity index (χ4v) is 4.03. The largest absolute Gasteiger partial charge is 0.493 e. The topological polar surface area (TPSA) is 161 Å². The third-order valence-corrected chi connectivity index (χ3v) is 6.37. The van der Waals surface area contributed by atoms with Gasteiger partial charge in [0.05, 0.1) is 51.1 Å². The van der Waals surface area contributed by atoms with E-state index in [2.05, 4.69) is 30.4 Å². The van der Waals surface area contributed by atoms with Gasteiger partial charge in [-0.05, 0) is 43.0 Å². The molecule has 13 nitrogen and oxygen atoms in total. The van der Waals surface area contributed by atoms with Crippen molar-refractivity contribution in [2.45, 2.75) is 12.8 Å². The molecule has 0 radical (unpaired) electrons. The zero-order valence-corrected chi connectivity index (χ0v) is 22.3. The molecule has 208 valence electrons. The third-order valence-electron chi connectivity index (χ3n) is 6.37. The Morgan fingerprint density at radius 1 is 0.976 bits per heavy atom. The Morgan fingerprint density at radius 3 is 2.51 bits per heavy atom. The van der Waals surface area contributed by atoms with E-state index in [0.717, 1.165) is 18.2 Å². The molecule has 0 atom stereocenters. The number of anilines is 2. The lowest BCUT2D eigenvalue weighted by atomic mass is 10.2. The molecule has 0 unspecified atom stereocenters. The Kier molecular flexibility index (Phi) is 6.90. The Morgan fingerprint density at radius 2 is 1.80 bits per heavy atom. The van der Waals surface area contributed by atoms with Crippen LogP contribution in [0.3, 0.4) is 0 Å². The second kappa shape index (κ2) is 11.0. The van der Waals surface area contributed by atoms with Gasteiger partial charge in [-0.3, -0.25) is 9.78 Å². The Labute approximate surface area is 234 Å². The van der Waals surface area contributed by atoms with Crippen molar-refractivity contribution in [3.05, 3.63) is 67.0 Å². The zero-order valence-electron chi connectivity index (χ0n) is 22.3. The van der Waals surface area contributed by atoms with Gasteiger partial charge in [0, 0.05) is 17.6 Å². The number of hydrogen-bond acceptors (Lipinski definition) is 11. The first-order valence-corrected chi connectivity index (χ1v) is 12.8. The molecule has 0 aliphatic heterocycles. The molecular formula is C28H26N8O5. The molecule has 13 heteroatoms. The van der Waals surface area contributed by atoms with Crippen molar-refractivity contribution in [3.63, 3.8) is 0 Å². The minimum atomic E-state index is -0.486. The molecule has 41 heavy (non-hydrogen) atoms. The van der Waals surface area contributed by atoms with Crippen molar-refractivity contribution in [2.24, 2.45) is 5.92 Å². The first kappa shape index (κ1) is 25.8. The molecule has 1 aliphatic rings. The number of nitrogens with zero attached hydrogens (tertiary/aromatic N) is 6. The van der Waals surface area contributed by atoms with Crippen LogP contribution in [0.2, 0.25) is 0 Å². The fraction of sp³-hybridized carbons (Fsp3) is 0.214. The zero-order chi connectivity index (χ0) is 28.3. The summed E-state index contributed by atoms with van der Waals surface area (Å²) in [7, 11) is 3.13. The number of pyridine rings is 2. The van der Waals surface area contributed by atoms with Gasteiger partial charge in [0.2, 0.25) is 0 Å². The number of rotatable bonds is 10. The van der Waals surface area contributed by atoms with E-state index in [1.807, 2.05) is 0 Å². The summed E-state index contributed by atoms with van der Waals surface area (Å²) in [4.78, 5) is 30.2. The summed E-state index contributed by atoms with van der Waals surface area (Å²) in [6.45, 7) is 0.506. The van der Waals surface area contributed by atoms with Crippen LogP contribution in [0, 0.1) is 5.92 Å². The van der Waals surface area contributed by atoms with E-state index < -0.39 is 5.91 Å². The molecule has 0 spiro atoms. The second-order valence-electron chi connectivity index (χ2n) is 9.31. The standard InChI is InChI=1S/C28H26N8O5/c1-38-21-9-18-19(10-22(21)39-2)30-8-7-20(18)41-17-5-6-25(32-11-17)34-28(37)27-23(40-15-16-3-4-16)14-36(35-27)26-13-31-24(29)12-33-26/h5-14,16H,3-4,15H2,1-2H3,(H2,29,31)(H,32,34,37). The van der Waals surface area contributed by atoms with Crippen LogP contribution in [-0.2, 0) is 0 Å². The lowest BCUT2D eigenvalue weighted by Gasteiger charge is -2.12. The Hall–Kier alpha value is -5.46. The van der Waals surface area contributed by atoms with Crippen LogP contribution in [0.25, 0.3) is 16.7 Å². The Bertz CT molecular complexity index is 1700. The lowest BCUT2D eigenvalue weighted by Crippen LogP contribution is -2.15. The molecule has 4 heterocycles. The predicted octanol–water partition coefficient (Wildman–Crippen LogP) is 4.04. The average molecular weight is 555 g/mol. The number of carbonyl (C=O) groups excluding carboxylic acids is 1. The number of fused-ring (bicyclic) bond motifs is 1. The molecular weight excluding hydrogens is 528 g/mol. The second-order valence-corrected chi connectivity index (χ2v) is 9.31. The van der Waals surface area contributed by atoms with Gasteiger partial charge in [-0.1, -0.05) is 0 Å². The Balaban J connectivity index is 1.20. The summed E-state index contributed by atoms with van der Waals surface area (Å²) >= 11 is 0. The minimum Gasteiger partial charge on any atom is -0.493 e. The molecule has 1 saturated carbocycles. The summed E-state index contributed by atoms with van der Waals surface area (Å²) < 4.78 is 24.2. The van der Waals surface area contributed by atoms with E-state index in [9.17, 15) is 4.79 Å². The molecule has 1 aliphatic carbocycles. The highest BCUT2D eigenvalue weighted by Gasteiger charge is 2.25. The van der Waals surface area contributed by atoms with Gasteiger partial charge in [-0.2, -0.15) is 5.10 Å². The quantitative estimate of drug-likeness (QED) is 0.256. The number of nitrogens with one attached hydrogen (secondary N) is 1. The number of ether oxygens (including phenoxy) is 4. The maximum Gasteiger partial charge on any atom is 0.281 e. The fourth-order valence-electron chi connectivity index (χ4n) is 4.03. The van der Waals surface area contributed by atoms with E-state index >= 15 is 0 Å². The molecule has 0 bridgehead atoms. The van der Waals surface area contributed by atoms with Gasteiger partial charge in [0.15, 0.2) is 28.8 Å².